The van der Waals surface area contributed by atoms with Gasteiger partial charge in [0, 0.05) is 6.54 Å². The quantitative estimate of drug-likeness (QED) is 0.909. The highest BCUT2D eigenvalue weighted by atomic mass is 16.5. The molecule has 0 aromatic heterocycles. The number of benzene rings is 2. The van der Waals surface area contributed by atoms with Crippen LogP contribution in [-0.2, 0) is 17.8 Å². The van der Waals surface area contributed by atoms with Crippen LogP contribution < -0.4 is 15.8 Å². The van der Waals surface area contributed by atoms with Gasteiger partial charge in [-0.3, -0.25) is 4.79 Å². The van der Waals surface area contributed by atoms with E-state index in [0.717, 1.165) is 25.1 Å². The average Bonchev–Trinajstić information content (AvgIpc) is 2.55. The maximum Gasteiger partial charge on any atom is 0.258 e. The molecule has 3 rings (SSSR count). The van der Waals surface area contributed by atoms with E-state index in [0.29, 0.717) is 5.75 Å². The molecule has 0 radical (unpaired) electrons. The molecule has 2 aromatic rings. The topological polar surface area (TPSA) is 64.3 Å². The number of nitrogens with two attached hydrogens (primary N) is 1. The molecule has 1 unspecified atom stereocenters. The van der Waals surface area contributed by atoms with E-state index in [1.54, 1.807) is 6.92 Å². The summed E-state index contributed by atoms with van der Waals surface area (Å²) in [6.07, 6.45) is 0.420. The van der Waals surface area contributed by atoms with Crippen molar-refractivity contribution >= 4 is 5.91 Å². The molecule has 0 aliphatic carbocycles. The van der Waals surface area contributed by atoms with Crippen molar-refractivity contribution in [1.29, 1.82) is 0 Å². The van der Waals surface area contributed by atoms with Gasteiger partial charge in [-0.25, -0.2) is 0 Å². The van der Waals surface area contributed by atoms with Gasteiger partial charge in [0.25, 0.3) is 5.91 Å². The summed E-state index contributed by atoms with van der Waals surface area (Å²) >= 11 is 0. The number of carbonyl (C=O) groups excluding carboxylic acids is 1. The third kappa shape index (κ3) is 2.97. The molecular formula is C18H20N2O2. The van der Waals surface area contributed by atoms with Crippen molar-refractivity contribution in [3.63, 3.8) is 0 Å². The summed E-state index contributed by atoms with van der Waals surface area (Å²) in [5.41, 5.74) is 10.4. The number of rotatable bonds is 4. The number of hydrogen-bond donors (Lipinski definition) is 2. The second kappa shape index (κ2) is 6.20. The maximum absolute atomic E-state index is 11.0. The molecule has 1 atom stereocenters. The Hall–Kier alpha value is -2.33. The lowest BCUT2D eigenvalue weighted by molar-refractivity contribution is -0.123. The molecule has 0 saturated heterocycles. The lowest BCUT2D eigenvalue weighted by Crippen LogP contribution is -2.30. The SMILES string of the molecule is CC(Oc1ccc(-c2cccc3c2CCNC3)cc1)C(N)=O. The first-order chi connectivity index (χ1) is 10.6. The van der Waals surface area contributed by atoms with E-state index in [1.807, 2.05) is 24.3 Å². The van der Waals surface area contributed by atoms with Crippen molar-refractivity contribution in [3.8, 4) is 16.9 Å². The molecular weight excluding hydrogens is 276 g/mol. The van der Waals surface area contributed by atoms with Crippen molar-refractivity contribution in [2.24, 2.45) is 5.73 Å². The number of fused-ring (bicyclic) bond motifs is 1. The lowest BCUT2D eigenvalue weighted by atomic mass is 9.91. The van der Waals surface area contributed by atoms with Crippen LogP contribution in [0, 0.1) is 0 Å². The van der Waals surface area contributed by atoms with Gasteiger partial charge in [0.2, 0.25) is 0 Å². The Balaban J connectivity index is 1.86. The number of ether oxygens (including phenoxy) is 1. The van der Waals surface area contributed by atoms with Crippen LogP contribution in [0.1, 0.15) is 18.1 Å². The first-order valence-electron chi connectivity index (χ1n) is 7.53. The summed E-state index contributed by atoms with van der Waals surface area (Å²) in [6.45, 7) is 3.60. The first-order valence-corrected chi connectivity index (χ1v) is 7.53. The average molecular weight is 296 g/mol. The van der Waals surface area contributed by atoms with Crippen molar-refractivity contribution < 1.29 is 9.53 Å². The molecule has 3 N–H and O–H groups in total. The molecule has 4 nitrogen and oxygen atoms in total. The highest BCUT2D eigenvalue weighted by Crippen LogP contribution is 2.29. The molecule has 2 aromatic carbocycles. The number of nitrogens with one attached hydrogen (secondary N) is 1. The van der Waals surface area contributed by atoms with Gasteiger partial charge in [0.05, 0.1) is 0 Å². The number of amides is 1. The van der Waals surface area contributed by atoms with Gasteiger partial charge in [0.1, 0.15) is 5.75 Å². The van der Waals surface area contributed by atoms with E-state index in [4.69, 9.17) is 10.5 Å². The molecule has 0 bridgehead atoms. The predicted molar refractivity (Wildman–Crippen MR) is 86.6 cm³/mol. The highest BCUT2D eigenvalue weighted by Gasteiger charge is 2.14. The Labute approximate surface area is 130 Å². The Bertz CT molecular complexity index is 680. The van der Waals surface area contributed by atoms with Gasteiger partial charge in [-0.1, -0.05) is 30.3 Å². The van der Waals surface area contributed by atoms with Crippen LogP contribution in [0.3, 0.4) is 0 Å². The Morgan fingerprint density at radius 3 is 2.73 bits per heavy atom. The molecule has 0 fully saturated rings. The molecule has 1 heterocycles. The minimum absolute atomic E-state index is 0.464. The summed E-state index contributed by atoms with van der Waals surface area (Å²) in [5.74, 6) is 0.190. The van der Waals surface area contributed by atoms with Crippen molar-refractivity contribution in [2.45, 2.75) is 26.0 Å². The molecule has 0 spiro atoms. The molecule has 1 aliphatic rings. The van der Waals surface area contributed by atoms with Gasteiger partial charge in [-0.2, -0.15) is 0 Å². The molecule has 4 heteroatoms. The van der Waals surface area contributed by atoms with Crippen molar-refractivity contribution in [1.82, 2.24) is 5.32 Å². The lowest BCUT2D eigenvalue weighted by Gasteiger charge is -2.20. The molecule has 114 valence electrons. The van der Waals surface area contributed by atoms with Crippen LogP contribution in [0.5, 0.6) is 5.75 Å². The normalized spacial score (nSPS) is 15.0. The summed E-state index contributed by atoms with van der Waals surface area (Å²) in [5, 5.41) is 3.40. The van der Waals surface area contributed by atoms with E-state index < -0.39 is 12.0 Å². The molecule has 22 heavy (non-hydrogen) atoms. The number of primary amides is 1. The van der Waals surface area contributed by atoms with Crippen molar-refractivity contribution in [2.75, 3.05) is 6.54 Å². The second-order valence-corrected chi connectivity index (χ2v) is 5.56. The molecule has 0 saturated carbocycles. The van der Waals surface area contributed by atoms with Crippen LogP contribution in [0.2, 0.25) is 0 Å². The predicted octanol–water partition coefficient (Wildman–Crippen LogP) is 2.25. The Kier molecular flexibility index (Phi) is 4.11. The fraction of sp³-hybridized carbons (Fsp3) is 0.278. The standard InChI is InChI=1S/C18H20N2O2/c1-12(18(19)21)22-15-7-5-13(6-8-15)16-4-2-3-14-11-20-10-9-17(14)16/h2-8,12,20H,9-11H2,1H3,(H2,19,21). The summed E-state index contributed by atoms with van der Waals surface area (Å²) in [7, 11) is 0. The minimum atomic E-state index is -0.624. The Morgan fingerprint density at radius 2 is 2.00 bits per heavy atom. The fourth-order valence-corrected chi connectivity index (χ4v) is 2.78. The van der Waals surface area contributed by atoms with E-state index in [9.17, 15) is 4.79 Å². The number of carbonyl (C=O) groups is 1. The monoisotopic (exact) mass is 296 g/mol. The zero-order valence-electron chi connectivity index (χ0n) is 12.6. The smallest absolute Gasteiger partial charge is 0.258 e. The van der Waals surface area contributed by atoms with Crippen LogP contribution in [0.4, 0.5) is 0 Å². The van der Waals surface area contributed by atoms with Gasteiger partial charge in [-0.15, -0.1) is 0 Å². The van der Waals surface area contributed by atoms with E-state index in [-0.39, 0.29) is 0 Å². The zero-order valence-corrected chi connectivity index (χ0v) is 12.6. The maximum atomic E-state index is 11.0. The van der Waals surface area contributed by atoms with Gasteiger partial charge in [-0.05, 0) is 54.3 Å². The minimum Gasteiger partial charge on any atom is -0.481 e. The van der Waals surface area contributed by atoms with Crippen LogP contribution >= 0.6 is 0 Å². The van der Waals surface area contributed by atoms with E-state index in [2.05, 4.69) is 23.5 Å². The van der Waals surface area contributed by atoms with Gasteiger partial charge < -0.3 is 15.8 Å². The van der Waals surface area contributed by atoms with E-state index >= 15 is 0 Å². The van der Waals surface area contributed by atoms with Crippen LogP contribution in [-0.4, -0.2) is 18.6 Å². The molecule has 1 amide bonds. The fourth-order valence-electron chi connectivity index (χ4n) is 2.78. The first kappa shape index (κ1) is 14.6. The second-order valence-electron chi connectivity index (χ2n) is 5.56. The third-order valence-electron chi connectivity index (χ3n) is 4.02. The third-order valence-corrected chi connectivity index (χ3v) is 4.02. The van der Waals surface area contributed by atoms with Crippen LogP contribution in [0.25, 0.3) is 11.1 Å². The highest BCUT2D eigenvalue weighted by molar-refractivity contribution is 5.78. The summed E-state index contributed by atoms with van der Waals surface area (Å²) < 4.78 is 5.49. The van der Waals surface area contributed by atoms with Gasteiger partial charge in [0.15, 0.2) is 6.10 Å². The zero-order chi connectivity index (χ0) is 15.5. The number of hydrogen-bond acceptors (Lipinski definition) is 3. The summed E-state index contributed by atoms with van der Waals surface area (Å²) in [6, 6.07) is 14.3. The Morgan fingerprint density at radius 1 is 1.23 bits per heavy atom. The van der Waals surface area contributed by atoms with Gasteiger partial charge >= 0.3 is 0 Å². The van der Waals surface area contributed by atoms with E-state index in [1.165, 1.54) is 16.7 Å². The van der Waals surface area contributed by atoms with Crippen molar-refractivity contribution in [3.05, 3.63) is 53.6 Å². The largest absolute Gasteiger partial charge is 0.481 e. The summed E-state index contributed by atoms with van der Waals surface area (Å²) in [4.78, 5) is 11.0. The molecule has 1 aliphatic heterocycles. The van der Waals surface area contributed by atoms with Crippen LogP contribution in [0.15, 0.2) is 42.5 Å².